The second-order valence-electron chi connectivity index (χ2n) is 4.71. The van der Waals surface area contributed by atoms with Crippen molar-refractivity contribution in [1.29, 1.82) is 0 Å². The van der Waals surface area contributed by atoms with Crippen LogP contribution >= 0.6 is 0 Å². The molecular formula is C15H25N3O. The molecule has 0 saturated carbocycles. The van der Waals surface area contributed by atoms with Crippen LogP contribution in [0.15, 0.2) is 18.2 Å². The Balaban J connectivity index is 2.97. The molecule has 1 aromatic carbocycles. The van der Waals surface area contributed by atoms with Gasteiger partial charge >= 0.3 is 0 Å². The van der Waals surface area contributed by atoms with E-state index < -0.39 is 0 Å². The van der Waals surface area contributed by atoms with Gasteiger partial charge in [0.05, 0.1) is 11.4 Å². The van der Waals surface area contributed by atoms with Crippen molar-refractivity contribution in [2.45, 2.75) is 39.7 Å². The van der Waals surface area contributed by atoms with Crippen LogP contribution in [0.4, 0.5) is 11.4 Å². The first-order valence-corrected chi connectivity index (χ1v) is 6.95. The molecule has 0 bridgehead atoms. The predicted octanol–water partition coefficient (Wildman–Crippen LogP) is 2.64. The molecule has 4 heteroatoms. The first-order valence-electron chi connectivity index (χ1n) is 6.95. The summed E-state index contributed by atoms with van der Waals surface area (Å²) >= 11 is 0. The number of carbonyl (C=O) groups is 1. The van der Waals surface area contributed by atoms with Gasteiger partial charge in [-0.2, -0.15) is 0 Å². The molecule has 0 fully saturated rings. The lowest BCUT2D eigenvalue weighted by molar-refractivity contribution is 0.0956. The van der Waals surface area contributed by atoms with Crippen molar-refractivity contribution < 1.29 is 4.79 Å². The molecule has 19 heavy (non-hydrogen) atoms. The van der Waals surface area contributed by atoms with E-state index >= 15 is 0 Å². The molecule has 0 atom stereocenters. The van der Waals surface area contributed by atoms with Gasteiger partial charge in [0.1, 0.15) is 0 Å². The number of rotatable bonds is 6. The average molecular weight is 263 g/mol. The molecule has 1 amide bonds. The molecule has 0 aromatic heterocycles. The van der Waals surface area contributed by atoms with Crippen LogP contribution in [0.5, 0.6) is 0 Å². The first-order chi connectivity index (χ1) is 9.04. The van der Waals surface area contributed by atoms with Gasteiger partial charge in [-0.3, -0.25) is 4.79 Å². The van der Waals surface area contributed by atoms with Crippen LogP contribution in [0.1, 0.15) is 44.0 Å². The largest absolute Gasteiger partial charge is 0.397 e. The lowest BCUT2D eigenvalue weighted by Crippen LogP contribution is -2.31. The molecule has 0 aliphatic carbocycles. The van der Waals surface area contributed by atoms with Crippen molar-refractivity contribution in [2.24, 2.45) is 0 Å². The van der Waals surface area contributed by atoms with Crippen molar-refractivity contribution in [3.05, 3.63) is 23.8 Å². The number of nitrogen functional groups attached to an aromatic ring is 1. The Bertz CT molecular complexity index is 427. The minimum Gasteiger partial charge on any atom is -0.397 e. The molecule has 0 unspecified atom stereocenters. The van der Waals surface area contributed by atoms with Crippen LogP contribution < -0.4 is 16.0 Å². The summed E-state index contributed by atoms with van der Waals surface area (Å²) in [7, 11) is 2.05. The average Bonchev–Trinajstić information content (AvgIpc) is 2.40. The van der Waals surface area contributed by atoms with Crippen LogP contribution in [-0.2, 0) is 0 Å². The third kappa shape index (κ3) is 3.63. The van der Waals surface area contributed by atoms with Gasteiger partial charge in [0, 0.05) is 25.2 Å². The molecular weight excluding hydrogens is 238 g/mol. The van der Waals surface area contributed by atoms with E-state index in [1.807, 2.05) is 19.1 Å². The number of amides is 1. The van der Waals surface area contributed by atoms with E-state index in [-0.39, 0.29) is 5.91 Å². The Labute approximate surface area is 116 Å². The van der Waals surface area contributed by atoms with Crippen molar-refractivity contribution >= 4 is 17.3 Å². The summed E-state index contributed by atoms with van der Waals surface area (Å²) in [6, 6.07) is 5.98. The van der Waals surface area contributed by atoms with Gasteiger partial charge in [-0.15, -0.1) is 0 Å². The third-order valence-electron chi connectivity index (χ3n) is 3.50. The van der Waals surface area contributed by atoms with Gasteiger partial charge < -0.3 is 16.0 Å². The zero-order valence-corrected chi connectivity index (χ0v) is 12.4. The van der Waals surface area contributed by atoms with E-state index in [9.17, 15) is 4.79 Å². The summed E-state index contributed by atoms with van der Waals surface area (Å²) in [4.78, 5) is 13.9. The van der Waals surface area contributed by atoms with E-state index in [1.54, 1.807) is 6.07 Å². The van der Waals surface area contributed by atoms with Crippen molar-refractivity contribution in [2.75, 3.05) is 24.2 Å². The van der Waals surface area contributed by atoms with E-state index in [0.29, 0.717) is 23.8 Å². The van der Waals surface area contributed by atoms with Gasteiger partial charge in [0.25, 0.3) is 5.91 Å². The lowest BCUT2D eigenvalue weighted by Gasteiger charge is -2.29. The van der Waals surface area contributed by atoms with Gasteiger partial charge in [-0.05, 0) is 38.0 Å². The van der Waals surface area contributed by atoms with Gasteiger partial charge in [0.2, 0.25) is 0 Å². The zero-order chi connectivity index (χ0) is 14.4. The maximum absolute atomic E-state index is 11.7. The van der Waals surface area contributed by atoms with Crippen molar-refractivity contribution in [3.8, 4) is 0 Å². The Hall–Kier alpha value is -1.71. The summed E-state index contributed by atoms with van der Waals surface area (Å²) in [5.74, 6) is -0.0778. The molecule has 0 spiro atoms. The number of nitrogens with zero attached hydrogens (tertiary/aromatic N) is 1. The zero-order valence-electron chi connectivity index (χ0n) is 12.4. The maximum Gasteiger partial charge on any atom is 0.251 e. The van der Waals surface area contributed by atoms with Crippen LogP contribution in [0.25, 0.3) is 0 Å². The van der Waals surface area contributed by atoms with Gasteiger partial charge in [-0.25, -0.2) is 0 Å². The van der Waals surface area contributed by atoms with E-state index in [1.165, 1.54) is 0 Å². The number of nitrogens with two attached hydrogens (primary N) is 1. The number of hydrogen-bond donors (Lipinski definition) is 2. The third-order valence-corrected chi connectivity index (χ3v) is 3.50. The number of anilines is 2. The number of hydrogen-bond acceptors (Lipinski definition) is 3. The van der Waals surface area contributed by atoms with E-state index in [4.69, 9.17) is 5.73 Å². The second kappa shape index (κ2) is 7.02. The minimum atomic E-state index is -0.0778. The summed E-state index contributed by atoms with van der Waals surface area (Å²) in [5.41, 5.74) is 8.33. The number of carbonyl (C=O) groups excluding carboxylic acids is 1. The minimum absolute atomic E-state index is 0.0778. The fourth-order valence-corrected chi connectivity index (χ4v) is 2.31. The number of nitrogens with one attached hydrogen (secondary N) is 1. The molecule has 1 rings (SSSR count). The SMILES string of the molecule is CCNC(=O)c1ccc(N(C)C(CC)CC)c(N)c1. The topological polar surface area (TPSA) is 58.4 Å². The van der Waals surface area contributed by atoms with E-state index in [0.717, 1.165) is 18.5 Å². The molecule has 0 aliphatic heterocycles. The predicted molar refractivity (Wildman–Crippen MR) is 81.6 cm³/mol. The van der Waals surface area contributed by atoms with E-state index in [2.05, 4.69) is 31.1 Å². The summed E-state index contributed by atoms with van der Waals surface area (Å²) in [6.07, 6.45) is 2.15. The van der Waals surface area contributed by atoms with Crippen LogP contribution in [0, 0.1) is 0 Å². The second-order valence-corrected chi connectivity index (χ2v) is 4.71. The molecule has 0 radical (unpaired) electrons. The normalized spacial score (nSPS) is 10.6. The Morgan fingerprint density at radius 2 is 1.95 bits per heavy atom. The molecule has 106 valence electrons. The highest BCUT2D eigenvalue weighted by molar-refractivity contribution is 5.96. The van der Waals surface area contributed by atoms with Crippen LogP contribution in [0.2, 0.25) is 0 Å². The summed E-state index contributed by atoms with van der Waals surface area (Å²) in [5, 5.41) is 2.77. The van der Waals surface area contributed by atoms with Crippen LogP contribution in [0.3, 0.4) is 0 Å². The monoisotopic (exact) mass is 263 g/mol. The molecule has 3 N–H and O–H groups in total. The summed E-state index contributed by atoms with van der Waals surface area (Å²) in [6.45, 7) is 6.86. The Morgan fingerprint density at radius 1 is 1.32 bits per heavy atom. The highest BCUT2D eigenvalue weighted by Gasteiger charge is 2.15. The smallest absolute Gasteiger partial charge is 0.251 e. The van der Waals surface area contributed by atoms with Crippen LogP contribution in [-0.4, -0.2) is 25.5 Å². The quantitative estimate of drug-likeness (QED) is 0.776. The molecule has 0 saturated heterocycles. The van der Waals surface area contributed by atoms with Gasteiger partial charge in [0.15, 0.2) is 0 Å². The lowest BCUT2D eigenvalue weighted by atomic mass is 10.1. The standard InChI is InChI=1S/C15H25N3O/c1-5-12(6-2)18(4)14-9-8-11(10-13(14)16)15(19)17-7-3/h8-10,12H,5-7,16H2,1-4H3,(H,17,19). The highest BCUT2D eigenvalue weighted by Crippen LogP contribution is 2.26. The highest BCUT2D eigenvalue weighted by atomic mass is 16.1. The molecule has 0 aliphatic rings. The summed E-state index contributed by atoms with van der Waals surface area (Å²) < 4.78 is 0. The Kier molecular flexibility index (Phi) is 5.67. The fraction of sp³-hybridized carbons (Fsp3) is 0.533. The first kappa shape index (κ1) is 15.3. The molecule has 1 aromatic rings. The Morgan fingerprint density at radius 3 is 2.42 bits per heavy atom. The number of benzene rings is 1. The van der Waals surface area contributed by atoms with Crippen molar-refractivity contribution in [3.63, 3.8) is 0 Å². The van der Waals surface area contributed by atoms with Gasteiger partial charge in [-0.1, -0.05) is 13.8 Å². The molecule has 4 nitrogen and oxygen atoms in total. The maximum atomic E-state index is 11.7. The fourth-order valence-electron chi connectivity index (χ4n) is 2.31. The van der Waals surface area contributed by atoms with Crippen molar-refractivity contribution in [1.82, 2.24) is 5.32 Å². The molecule has 0 heterocycles.